The van der Waals surface area contributed by atoms with Gasteiger partial charge in [0.05, 0.1) is 11.3 Å². The lowest BCUT2D eigenvalue weighted by Crippen LogP contribution is -2.13. The van der Waals surface area contributed by atoms with Crippen molar-refractivity contribution in [1.82, 2.24) is 10.3 Å². The van der Waals surface area contributed by atoms with Gasteiger partial charge in [0.15, 0.2) is 0 Å². The Kier molecular flexibility index (Phi) is 5.05. The molecule has 2 rings (SSSR count). The Bertz CT molecular complexity index is 611. The molecule has 0 amide bonds. The Balaban J connectivity index is 2.30. The van der Waals surface area contributed by atoms with Crippen LogP contribution in [0.25, 0.3) is 11.5 Å². The molecule has 0 bridgehead atoms. The quantitative estimate of drug-likeness (QED) is 0.788. The van der Waals surface area contributed by atoms with Crippen molar-refractivity contribution >= 4 is 15.9 Å². The molecule has 0 aliphatic carbocycles. The summed E-state index contributed by atoms with van der Waals surface area (Å²) in [5, 5.41) is 3.12. The maximum absolute atomic E-state index is 13.1. The van der Waals surface area contributed by atoms with E-state index in [9.17, 15) is 13.2 Å². The molecule has 0 unspecified atom stereocenters. The number of aromatic nitrogens is 1. The summed E-state index contributed by atoms with van der Waals surface area (Å²) < 4.78 is 44.7. The molecule has 7 heteroatoms. The van der Waals surface area contributed by atoms with E-state index < -0.39 is 11.7 Å². The van der Waals surface area contributed by atoms with Crippen LogP contribution in [-0.4, -0.2) is 11.5 Å². The molecular weight excluding hydrogens is 349 g/mol. The Morgan fingerprint density at radius 1 is 1.33 bits per heavy atom. The lowest BCUT2D eigenvalue weighted by molar-refractivity contribution is -0.137. The molecule has 1 N–H and O–H groups in total. The molecule has 0 atom stereocenters. The third-order valence-electron chi connectivity index (χ3n) is 2.80. The number of hydrogen-bond acceptors (Lipinski definition) is 3. The smallest absolute Gasteiger partial charge is 0.417 e. The van der Waals surface area contributed by atoms with Crippen LogP contribution in [0, 0.1) is 0 Å². The second-order valence-corrected chi connectivity index (χ2v) is 5.42. The van der Waals surface area contributed by atoms with Crippen LogP contribution in [0.5, 0.6) is 0 Å². The van der Waals surface area contributed by atoms with Crippen LogP contribution in [0.1, 0.15) is 24.6 Å². The summed E-state index contributed by atoms with van der Waals surface area (Å²) in [6.07, 6.45) is -2.12. The second-order valence-electron chi connectivity index (χ2n) is 4.51. The lowest BCUT2D eigenvalue weighted by Gasteiger charge is -2.10. The Hall–Kier alpha value is -1.34. The molecule has 0 spiro atoms. The number of alkyl halides is 3. The Morgan fingerprint density at radius 2 is 2.10 bits per heavy atom. The van der Waals surface area contributed by atoms with E-state index in [4.69, 9.17) is 4.42 Å². The standard InChI is InChI=1S/C14H14BrF3N2O/c1-2-5-19-7-10-8-21-13(20-10)11-4-3-9(15)6-12(11)14(16,17)18/h3-4,6,8,19H,2,5,7H2,1H3. The lowest BCUT2D eigenvalue weighted by atomic mass is 10.1. The van der Waals surface area contributed by atoms with Crippen molar-refractivity contribution in [3.63, 3.8) is 0 Å². The second kappa shape index (κ2) is 6.62. The van der Waals surface area contributed by atoms with Crippen LogP contribution in [0.4, 0.5) is 13.2 Å². The van der Waals surface area contributed by atoms with Crippen molar-refractivity contribution in [3.8, 4) is 11.5 Å². The normalized spacial score (nSPS) is 11.9. The largest absolute Gasteiger partial charge is 0.444 e. The van der Waals surface area contributed by atoms with Gasteiger partial charge < -0.3 is 9.73 Å². The van der Waals surface area contributed by atoms with Crippen LogP contribution >= 0.6 is 15.9 Å². The van der Waals surface area contributed by atoms with Crippen LogP contribution < -0.4 is 5.32 Å². The number of nitrogens with one attached hydrogen (secondary N) is 1. The first-order valence-corrected chi connectivity index (χ1v) is 7.23. The van der Waals surface area contributed by atoms with Gasteiger partial charge in [-0.15, -0.1) is 0 Å². The molecule has 3 nitrogen and oxygen atoms in total. The van der Waals surface area contributed by atoms with E-state index in [1.165, 1.54) is 18.4 Å². The van der Waals surface area contributed by atoms with Crippen molar-refractivity contribution < 1.29 is 17.6 Å². The highest BCUT2D eigenvalue weighted by molar-refractivity contribution is 9.10. The Morgan fingerprint density at radius 3 is 2.76 bits per heavy atom. The van der Waals surface area contributed by atoms with E-state index in [2.05, 4.69) is 26.2 Å². The summed E-state index contributed by atoms with van der Waals surface area (Å²) in [6, 6.07) is 3.90. The molecule has 0 saturated carbocycles. The third-order valence-corrected chi connectivity index (χ3v) is 3.30. The molecule has 0 fully saturated rings. The average molecular weight is 363 g/mol. The van der Waals surface area contributed by atoms with Gasteiger partial charge in [-0.25, -0.2) is 4.98 Å². The Labute approximate surface area is 128 Å². The fourth-order valence-corrected chi connectivity index (χ4v) is 2.20. The van der Waals surface area contributed by atoms with Gasteiger partial charge in [0.1, 0.15) is 6.26 Å². The molecule has 0 radical (unpaired) electrons. The predicted molar refractivity (Wildman–Crippen MR) is 76.6 cm³/mol. The third kappa shape index (κ3) is 4.07. The molecule has 21 heavy (non-hydrogen) atoms. The molecule has 2 aromatic rings. The molecule has 114 valence electrons. The first kappa shape index (κ1) is 16.0. The summed E-state index contributed by atoms with van der Waals surface area (Å²) in [5.41, 5.74) is -0.256. The average Bonchev–Trinajstić information content (AvgIpc) is 2.87. The van der Waals surface area contributed by atoms with Gasteiger partial charge in [-0.1, -0.05) is 22.9 Å². The van der Waals surface area contributed by atoms with E-state index >= 15 is 0 Å². The summed E-state index contributed by atoms with van der Waals surface area (Å²) in [6.45, 7) is 3.31. The monoisotopic (exact) mass is 362 g/mol. The van der Waals surface area contributed by atoms with Gasteiger partial charge in [0, 0.05) is 16.6 Å². The fraction of sp³-hybridized carbons (Fsp3) is 0.357. The maximum Gasteiger partial charge on any atom is 0.417 e. The van der Waals surface area contributed by atoms with Gasteiger partial charge in [-0.05, 0) is 31.2 Å². The SMILES string of the molecule is CCCNCc1coc(-c2ccc(Br)cc2C(F)(F)F)n1. The number of oxazole rings is 1. The minimum absolute atomic E-state index is 0.0249. The van der Waals surface area contributed by atoms with E-state index in [0.29, 0.717) is 16.7 Å². The molecule has 0 saturated heterocycles. The van der Waals surface area contributed by atoms with Crippen LogP contribution in [0.15, 0.2) is 33.4 Å². The first-order chi connectivity index (χ1) is 9.91. The molecule has 0 aliphatic rings. The number of halogens is 4. The molecular formula is C14H14BrF3N2O. The number of hydrogen-bond donors (Lipinski definition) is 1. The van der Waals surface area contributed by atoms with E-state index in [1.807, 2.05) is 6.92 Å². The van der Waals surface area contributed by atoms with Crippen molar-refractivity contribution in [2.24, 2.45) is 0 Å². The molecule has 0 aliphatic heterocycles. The van der Waals surface area contributed by atoms with Gasteiger partial charge in [-0.2, -0.15) is 13.2 Å². The molecule has 1 aromatic carbocycles. The van der Waals surface area contributed by atoms with Crippen LogP contribution in [0.3, 0.4) is 0 Å². The molecule has 1 heterocycles. The summed E-state index contributed by atoms with van der Waals surface area (Å²) in [7, 11) is 0. The number of benzene rings is 1. The maximum atomic E-state index is 13.1. The van der Waals surface area contributed by atoms with Crippen LogP contribution in [-0.2, 0) is 12.7 Å². The van der Waals surface area contributed by atoms with Gasteiger partial charge in [0.25, 0.3) is 0 Å². The highest BCUT2D eigenvalue weighted by Gasteiger charge is 2.35. The topological polar surface area (TPSA) is 38.1 Å². The highest BCUT2D eigenvalue weighted by Crippen LogP contribution is 2.38. The first-order valence-electron chi connectivity index (χ1n) is 6.44. The predicted octanol–water partition coefficient (Wildman–Crippen LogP) is 4.62. The van der Waals surface area contributed by atoms with Crippen molar-refractivity contribution in [3.05, 3.63) is 40.2 Å². The van der Waals surface area contributed by atoms with Crippen molar-refractivity contribution in [2.45, 2.75) is 26.1 Å². The van der Waals surface area contributed by atoms with Crippen molar-refractivity contribution in [2.75, 3.05) is 6.54 Å². The number of rotatable bonds is 5. The van der Waals surface area contributed by atoms with Gasteiger partial charge >= 0.3 is 6.18 Å². The number of nitrogens with zero attached hydrogens (tertiary/aromatic N) is 1. The molecule has 1 aromatic heterocycles. The minimum Gasteiger partial charge on any atom is -0.444 e. The zero-order valence-electron chi connectivity index (χ0n) is 11.3. The van der Waals surface area contributed by atoms with E-state index in [1.54, 1.807) is 0 Å². The fourth-order valence-electron chi connectivity index (χ4n) is 1.84. The van der Waals surface area contributed by atoms with Crippen molar-refractivity contribution in [1.29, 1.82) is 0 Å². The van der Waals surface area contributed by atoms with E-state index in [-0.39, 0.29) is 11.5 Å². The van der Waals surface area contributed by atoms with E-state index in [0.717, 1.165) is 19.0 Å². The zero-order chi connectivity index (χ0) is 15.5. The van der Waals surface area contributed by atoms with Crippen LogP contribution in [0.2, 0.25) is 0 Å². The summed E-state index contributed by atoms with van der Waals surface area (Å²) >= 11 is 3.05. The highest BCUT2D eigenvalue weighted by atomic mass is 79.9. The van der Waals surface area contributed by atoms with Gasteiger partial charge in [-0.3, -0.25) is 0 Å². The minimum atomic E-state index is -4.46. The summed E-state index contributed by atoms with van der Waals surface area (Å²) in [5.74, 6) is -0.0249. The zero-order valence-corrected chi connectivity index (χ0v) is 12.9. The summed E-state index contributed by atoms with van der Waals surface area (Å²) in [4.78, 5) is 4.11. The van der Waals surface area contributed by atoms with Gasteiger partial charge in [0.2, 0.25) is 5.89 Å².